The maximum Gasteiger partial charge on any atom is 0.508 e. The molecule has 2 N–H and O–H groups in total. The van der Waals surface area contributed by atoms with Gasteiger partial charge in [-0.25, -0.2) is 4.79 Å². The van der Waals surface area contributed by atoms with Crippen LogP contribution in [0.5, 0.6) is 0 Å². The first-order chi connectivity index (χ1) is 20.1. The zero-order chi connectivity index (χ0) is 29.7. The van der Waals surface area contributed by atoms with Gasteiger partial charge in [0.15, 0.2) is 5.79 Å². The lowest BCUT2D eigenvalue weighted by atomic mass is 9.47. The molecule has 5 fully saturated rings. The van der Waals surface area contributed by atoms with Gasteiger partial charge in [0.1, 0.15) is 12.7 Å². The van der Waals surface area contributed by atoms with Crippen molar-refractivity contribution in [3.8, 4) is 0 Å². The second-order valence-corrected chi connectivity index (χ2v) is 15.1. The molecule has 0 aromatic heterocycles. The van der Waals surface area contributed by atoms with Gasteiger partial charge in [0.05, 0.1) is 25.9 Å². The molecule has 0 bridgehead atoms. The minimum atomic E-state index is -0.611. The third-order valence-electron chi connectivity index (χ3n) is 13.0. The smallest absolute Gasteiger partial charge is 0.433 e. The number of carbonyl (C=O) groups is 1. The minimum Gasteiger partial charge on any atom is -0.433 e. The maximum atomic E-state index is 12.5. The Hall–Kier alpha value is -1.19. The third-order valence-corrected chi connectivity index (χ3v) is 13.0. The molecule has 11 atom stereocenters. The predicted molar refractivity (Wildman–Crippen MR) is 159 cm³/mol. The van der Waals surface area contributed by atoms with Gasteiger partial charge in [0.25, 0.3) is 0 Å². The van der Waals surface area contributed by atoms with Gasteiger partial charge >= 0.3 is 6.16 Å². The van der Waals surface area contributed by atoms with Gasteiger partial charge in [-0.15, -0.1) is 0 Å². The van der Waals surface area contributed by atoms with Gasteiger partial charge in [0, 0.05) is 38.4 Å². The van der Waals surface area contributed by atoms with Crippen molar-refractivity contribution in [1.82, 2.24) is 4.90 Å². The first-order valence-electron chi connectivity index (χ1n) is 16.9. The van der Waals surface area contributed by atoms with Crippen LogP contribution in [0, 0.1) is 46.3 Å². The quantitative estimate of drug-likeness (QED) is 0.296. The van der Waals surface area contributed by atoms with Crippen molar-refractivity contribution in [3.05, 3.63) is 11.6 Å². The molecule has 3 saturated carbocycles. The van der Waals surface area contributed by atoms with Crippen molar-refractivity contribution in [1.29, 1.82) is 0 Å². The van der Waals surface area contributed by atoms with E-state index in [2.05, 4.69) is 33.8 Å². The molecule has 2 aliphatic heterocycles. The highest BCUT2D eigenvalue weighted by atomic mass is 16.7. The number of ether oxygens (including phenoxy) is 4. The number of hydrogen-bond donors (Lipinski definition) is 2. The Bertz CT molecular complexity index is 1000. The molecule has 1 spiro atoms. The van der Waals surface area contributed by atoms with Gasteiger partial charge in [-0.3, -0.25) is 4.90 Å². The summed E-state index contributed by atoms with van der Waals surface area (Å²) in [6, 6.07) is 0. The molecular formula is C34H55NO7. The van der Waals surface area contributed by atoms with Gasteiger partial charge < -0.3 is 29.2 Å². The molecule has 0 aromatic rings. The molecule has 42 heavy (non-hydrogen) atoms. The summed E-state index contributed by atoms with van der Waals surface area (Å²) in [4.78, 5) is 14.4. The van der Waals surface area contributed by atoms with Crippen molar-refractivity contribution in [3.63, 3.8) is 0 Å². The van der Waals surface area contributed by atoms with E-state index < -0.39 is 6.16 Å². The lowest BCUT2D eigenvalue weighted by molar-refractivity contribution is -0.272. The Morgan fingerprint density at radius 1 is 1.05 bits per heavy atom. The fourth-order valence-corrected chi connectivity index (χ4v) is 10.8. The second-order valence-electron chi connectivity index (χ2n) is 15.1. The molecule has 6 rings (SSSR count). The summed E-state index contributed by atoms with van der Waals surface area (Å²) in [5, 5.41) is 18.3. The van der Waals surface area contributed by atoms with E-state index in [-0.39, 0.29) is 37.1 Å². The zero-order valence-corrected chi connectivity index (χ0v) is 26.4. The van der Waals surface area contributed by atoms with E-state index in [1.807, 2.05) is 4.90 Å². The van der Waals surface area contributed by atoms with Crippen molar-refractivity contribution in [2.45, 2.75) is 103 Å². The van der Waals surface area contributed by atoms with Crippen LogP contribution >= 0.6 is 0 Å². The Labute approximate surface area is 252 Å². The number of fused-ring (bicyclic) bond motifs is 7. The Morgan fingerprint density at radius 2 is 1.83 bits per heavy atom. The van der Waals surface area contributed by atoms with Crippen molar-refractivity contribution >= 4 is 6.16 Å². The van der Waals surface area contributed by atoms with E-state index >= 15 is 0 Å². The van der Waals surface area contributed by atoms with Crippen LogP contribution in [-0.4, -0.2) is 85.3 Å². The van der Waals surface area contributed by atoms with Gasteiger partial charge in [-0.1, -0.05) is 39.3 Å². The van der Waals surface area contributed by atoms with Crippen LogP contribution in [0.4, 0.5) is 4.79 Å². The Balaban J connectivity index is 1.07. The second kappa shape index (κ2) is 12.0. The Kier molecular flexibility index (Phi) is 8.78. The first-order valence-corrected chi connectivity index (χ1v) is 16.9. The van der Waals surface area contributed by atoms with Crippen LogP contribution in [0.15, 0.2) is 11.6 Å². The highest BCUT2D eigenvalue weighted by Gasteiger charge is 2.68. The number of carbonyl (C=O) groups excluding carboxylic acids is 1. The summed E-state index contributed by atoms with van der Waals surface area (Å²) in [5.74, 6) is 3.40. The van der Waals surface area contributed by atoms with Crippen molar-refractivity contribution < 1.29 is 34.0 Å². The summed E-state index contributed by atoms with van der Waals surface area (Å²) in [6.07, 6.45) is 11.9. The van der Waals surface area contributed by atoms with Crippen LogP contribution in [-0.2, 0) is 18.9 Å². The molecule has 0 radical (unpaired) electrons. The molecule has 2 saturated heterocycles. The largest absolute Gasteiger partial charge is 0.508 e. The van der Waals surface area contributed by atoms with Crippen LogP contribution in [0.25, 0.3) is 0 Å². The van der Waals surface area contributed by atoms with Crippen molar-refractivity contribution in [2.75, 3.05) is 46.1 Å². The summed E-state index contributed by atoms with van der Waals surface area (Å²) in [7, 11) is 0. The van der Waals surface area contributed by atoms with E-state index in [9.17, 15) is 4.79 Å². The van der Waals surface area contributed by atoms with Crippen LogP contribution < -0.4 is 0 Å². The molecule has 0 aromatic carbocycles. The third kappa shape index (κ3) is 5.25. The molecule has 0 unspecified atom stereocenters. The highest BCUT2D eigenvalue weighted by Crippen LogP contribution is 2.70. The number of aliphatic hydroxyl groups is 2. The fourth-order valence-electron chi connectivity index (χ4n) is 10.8. The fraction of sp³-hybridized carbons (Fsp3) is 0.912. The zero-order valence-electron chi connectivity index (χ0n) is 26.4. The van der Waals surface area contributed by atoms with Crippen LogP contribution in [0.3, 0.4) is 0 Å². The number of hydrogen-bond acceptors (Lipinski definition) is 8. The van der Waals surface area contributed by atoms with Gasteiger partial charge in [-0.05, 0) is 85.4 Å². The lowest BCUT2D eigenvalue weighted by Gasteiger charge is -2.58. The molecule has 4 aliphatic carbocycles. The first kappa shape index (κ1) is 30.8. The maximum absolute atomic E-state index is 12.5. The van der Waals surface area contributed by atoms with Crippen molar-refractivity contribution in [2.24, 2.45) is 46.3 Å². The molecule has 8 nitrogen and oxygen atoms in total. The van der Waals surface area contributed by atoms with E-state index in [4.69, 9.17) is 29.2 Å². The predicted octanol–water partition coefficient (Wildman–Crippen LogP) is 5.16. The SMILES string of the molecule is C[C@H]1CC[C@]2(OC1)O[C@H]1C[C@H]3[C@@H]4CC=C5C[C@@H](OC(=O)OCCN(CCO)CCO)CC[C@]5(C)[C@H]4CC[C@]3(C)[C@H]1[C@@H]2C. The van der Waals surface area contributed by atoms with Gasteiger partial charge in [0.2, 0.25) is 0 Å². The minimum absolute atomic E-state index is 0.00531. The van der Waals surface area contributed by atoms with E-state index in [1.54, 1.807) is 0 Å². The highest BCUT2D eigenvalue weighted by molar-refractivity contribution is 5.60. The summed E-state index contributed by atoms with van der Waals surface area (Å²) in [6.45, 7) is 12.2. The average Bonchev–Trinajstić information content (AvgIpc) is 3.40. The van der Waals surface area contributed by atoms with Crippen LogP contribution in [0.1, 0.15) is 85.5 Å². The standard InChI is InChI=1S/C34H55NO7/c1-22-7-12-34(40-21-22)23(2)30-29(42-34)20-28-26-6-5-24-19-25(8-10-32(24,3)27(26)9-11-33(28,30)4)41-31(38)39-18-15-35(13-16-36)14-17-37/h5,22-23,25-30,36-37H,6-21H2,1-4H3/t22-,23-,25-,26+,27-,28-,29-,30-,32-,33-,34-/m0/s1. The molecule has 6 aliphatic rings. The molecule has 238 valence electrons. The molecule has 0 amide bonds. The summed E-state index contributed by atoms with van der Waals surface area (Å²) >= 11 is 0. The van der Waals surface area contributed by atoms with Crippen LogP contribution in [0.2, 0.25) is 0 Å². The summed E-state index contributed by atoms with van der Waals surface area (Å²) < 4.78 is 24.6. The Morgan fingerprint density at radius 3 is 2.55 bits per heavy atom. The molecule has 8 heteroatoms. The van der Waals surface area contributed by atoms with E-state index in [1.165, 1.54) is 31.3 Å². The topological polar surface area (TPSA) is 97.7 Å². The molecule has 2 heterocycles. The number of aliphatic hydroxyl groups excluding tert-OH is 2. The van der Waals surface area contributed by atoms with E-state index in [0.29, 0.717) is 66.7 Å². The van der Waals surface area contributed by atoms with Gasteiger partial charge in [-0.2, -0.15) is 0 Å². The lowest BCUT2D eigenvalue weighted by Crippen LogP contribution is -2.52. The molecular weight excluding hydrogens is 534 g/mol. The summed E-state index contributed by atoms with van der Waals surface area (Å²) in [5.41, 5.74) is 1.98. The monoisotopic (exact) mass is 589 g/mol. The van der Waals surface area contributed by atoms with E-state index in [0.717, 1.165) is 38.7 Å². The number of allylic oxidation sites excluding steroid dienone is 1. The average molecular weight is 590 g/mol. The number of rotatable bonds is 8. The number of nitrogens with zero attached hydrogens (tertiary/aromatic N) is 1. The normalized spacial score (nSPS) is 46.0.